The maximum absolute atomic E-state index is 12.9. The average Bonchev–Trinajstić information content (AvgIpc) is 2.93. The molecule has 0 spiro atoms. The predicted molar refractivity (Wildman–Crippen MR) is 76.7 cm³/mol. The largest absolute Gasteiger partial charge is 0.460 e. The van der Waals surface area contributed by atoms with Crippen molar-refractivity contribution in [1.29, 1.82) is 0 Å². The first kappa shape index (κ1) is 14.8. The first-order valence-corrected chi connectivity index (χ1v) is 6.91. The van der Waals surface area contributed by atoms with Crippen LogP contribution in [-0.4, -0.2) is 17.8 Å². The number of halogens is 1. The van der Waals surface area contributed by atoms with E-state index in [1.54, 1.807) is 12.1 Å². The molecule has 0 aliphatic rings. The summed E-state index contributed by atoms with van der Waals surface area (Å²) in [6.07, 6.45) is 1.70. The molecule has 1 aromatic carbocycles. The third-order valence-corrected chi connectivity index (χ3v) is 3.33. The predicted octanol–water partition coefficient (Wildman–Crippen LogP) is 3.34. The van der Waals surface area contributed by atoms with Crippen molar-refractivity contribution in [2.75, 3.05) is 6.61 Å². The van der Waals surface area contributed by atoms with E-state index in [9.17, 15) is 4.39 Å². The third kappa shape index (κ3) is 3.92. The fourth-order valence-electron chi connectivity index (χ4n) is 2.09. The van der Waals surface area contributed by atoms with Crippen molar-refractivity contribution in [3.05, 3.63) is 48.0 Å². The molecular weight excluding hydrogens is 257 g/mol. The van der Waals surface area contributed by atoms with Gasteiger partial charge in [0.1, 0.15) is 17.3 Å². The Morgan fingerprint density at radius 2 is 1.95 bits per heavy atom. The molecule has 0 saturated carbocycles. The molecule has 108 valence electrons. The second-order valence-electron chi connectivity index (χ2n) is 4.77. The molecule has 2 aromatic rings. The van der Waals surface area contributed by atoms with Crippen LogP contribution in [0.1, 0.15) is 25.5 Å². The van der Waals surface area contributed by atoms with Crippen LogP contribution in [0, 0.1) is 5.82 Å². The van der Waals surface area contributed by atoms with Crippen molar-refractivity contribution >= 4 is 0 Å². The molecule has 0 amide bonds. The Morgan fingerprint density at radius 1 is 1.20 bits per heavy atom. The highest BCUT2D eigenvalue weighted by Gasteiger charge is 2.08. The molecule has 0 radical (unpaired) electrons. The van der Waals surface area contributed by atoms with Crippen LogP contribution in [0.3, 0.4) is 0 Å². The van der Waals surface area contributed by atoms with Gasteiger partial charge in [-0.25, -0.2) is 4.39 Å². The van der Waals surface area contributed by atoms with Crippen molar-refractivity contribution < 1.29 is 13.9 Å². The van der Waals surface area contributed by atoms with Gasteiger partial charge in [0.25, 0.3) is 0 Å². The molecule has 2 N–H and O–H groups in total. The number of benzene rings is 1. The van der Waals surface area contributed by atoms with Crippen molar-refractivity contribution in [1.82, 2.24) is 5.32 Å². The Balaban J connectivity index is 1.96. The zero-order valence-corrected chi connectivity index (χ0v) is 11.6. The Bertz CT molecular complexity index is 522. The highest BCUT2D eigenvalue weighted by molar-refractivity contribution is 5.57. The molecule has 4 heteroatoms. The number of aliphatic hydroxyl groups is 1. The summed E-state index contributed by atoms with van der Waals surface area (Å²) >= 11 is 0. The van der Waals surface area contributed by atoms with Gasteiger partial charge < -0.3 is 14.8 Å². The van der Waals surface area contributed by atoms with Gasteiger partial charge in [-0.15, -0.1) is 0 Å². The van der Waals surface area contributed by atoms with Crippen molar-refractivity contribution in [3.8, 4) is 11.3 Å². The van der Waals surface area contributed by atoms with Gasteiger partial charge in [-0.3, -0.25) is 0 Å². The van der Waals surface area contributed by atoms with Gasteiger partial charge in [-0.2, -0.15) is 0 Å². The van der Waals surface area contributed by atoms with Crippen molar-refractivity contribution in [2.24, 2.45) is 0 Å². The minimum absolute atomic E-state index is 0.185. The highest BCUT2D eigenvalue weighted by Crippen LogP contribution is 2.22. The Labute approximate surface area is 118 Å². The quantitative estimate of drug-likeness (QED) is 0.816. The molecule has 1 unspecified atom stereocenters. The number of aliphatic hydroxyl groups excluding tert-OH is 1. The summed E-state index contributed by atoms with van der Waals surface area (Å²) in [7, 11) is 0. The average molecular weight is 277 g/mol. The second-order valence-corrected chi connectivity index (χ2v) is 4.77. The third-order valence-electron chi connectivity index (χ3n) is 3.33. The second kappa shape index (κ2) is 7.22. The summed E-state index contributed by atoms with van der Waals surface area (Å²) in [6.45, 7) is 2.89. The maximum Gasteiger partial charge on any atom is 0.134 e. The van der Waals surface area contributed by atoms with E-state index in [0.717, 1.165) is 29.9 Å². The van der Waals surface area contributed by atoms with Crippen LogP contribution in [0.25, 0.3) is 11.3 Å². The van der Waals surface area contributed by atoms with Gasteiger partial charge in [0.05, 0.1) is 6.54 Å². The molecule has 0 aliphatic heterocycles. The Kier molecular flexibility index (Phi) is 5.32. The first-order valence-electron chi connectivity index (χ1n) is 6.91. The molecule has 0 fully saturated rings. The number of furan rings is 1. The lowest BCUT2D eigenvalue weighted by Gasteiger charge is -2.14. The van der Waals surface area contributed by atoms with Crippen LogP contribution in [0.4, 0.5) is 4.39 Å². The molecule has 0 bridgehead atoms. The van der Waals surface area contributed by atoms with Gasteiger partial charge >= 0.3 is 0 Å². The molecule has 0 saturated heterocycles. The van der Waals surface area contributed by atoms with E-state index in [2.05, 4.69) is 12.2 Å². The van der Waals surface area contributed by atoms with E-state index in [0.29, 0.717) is 12.6 Å². The lowest BCUT2D eigenvalue weighted by atomic mass is 10.1. The fraction of sp³-hybridized carbons (Fsp3) is 0.375. The molecule has 1 atom stereocenters. The smallest absolute Gasteiger partial charge is 0.134 e. The zero-order valence-electron chi connectivity index (χ0n) is 11.6. The monoisotopic (exact) mass is 277 g/mol. The van der Waals surface area contributed by atoms with Gasteiger partial charge in [0.2, 0.25) is 0 Å². The molecule has 20 heavy (non-hydrogen) atoms. The van der Waals surface area contributed by atoms with Crippen LogP contribution < -0.4 is 5.32 Å². The summed E-state index contributed by atoms with van der Waals surface area (Å²) in [4.78, 5) is 0. The normalized spacial score (nSPS) is 12.6. The minimum atomic E-state index is -0.253. The fourth-order valence-corrected chi connectivity index (χ4v) is 2.09. The maximum atomic E-state index is 12.9. The molecule has 3 nitrogen and oxygen atoms in total. The van der Waals surface area contributed by atoms with Crippen LogP contribution >= 0.6 is 0 Å². The highest BCUT2D eigenvalue weighted by atomic mass is 19.1. The summed E-state index contributed by atoms with van der Waals surface area (Å²) in [5.74, 6) is 1.31. The first-order chi connectivity index (χ1) is 9.72. The molecule has 1 aromatic heterocycles. The lowest BCUT2D eigenvalue weighted by Crippen LogP contribution is -2.28. The van der Waals surface area contributed by atoms with E-state index >= 15 is 0 Å². The number of rotatable bonds is 7. The molecule has 2 rings (SSSR count). The minimum Gasteiger partial charge on any atom is -0.460 e. The van der Waals surface area contributed by atoms with Crippen molar-refractivity contribution in [3.63, 3.8) is 0 Å². The van der Waals surface area contributed by atoms with E-state index < -0.39 is 0 Å². The van der Waals surface area contributed by atoms with E-state index in [1.165, 1.54) is 12.1 Å². The van der Waals surface area contributed by atoms with Gasteiger partial charge in [-0.1, -0.05) is 6.92 Å². The topological polar surface area (TPSA) is 45.4 Å². The molecular formula is C16H20FNO2. The summed E-state index contributed by atoms with van der Waals surface area (Å²) in [6, 6.07) is 10.3. The van der Waals surface area contributed by atoms with E-state index in [-0.39, 0.29) is 12.4 Å². The Morgan fingerprint density at radius 3 is 2.60 bits per heavy atom. The van der Waals surface area contributed by atoms with Gasteiger partial charge in [0.15, 0.2) is 0 Å². The molecule has 0 aliphatic carbocycles. The van der Waals surface area contributed by atoms with Gasteiger partial charge in [-0.05, 0) is 49.2 Å². The van der Waals surface area contributed by atoms with E-state index in [4.69, 9.17) is 9.52 Å². The number of nitrogens with one attached hydrogen (secondary N) is 1. The summed E-state index contributed by atoms with van der Waals surface area (Å²) in [5.41, 5.74) is 0.861. The zero-order chi connectivity index (χ0) is 14.4. The van der Waals surface area contributed by atoms with Crippen molar-refractivity contribution in [2.45, 2.75) is 32.4 Å². The lowest BCUT2D eigenvalue weighted by molar-refractivity contribution is 0.260. The SMILES string of the molecule is CCC(CCO)NCc1ccc(-c2ccc(F)cc2)o1. The van der Waals surface area contributed by atoms with Crippen LogP contribution in [-0.2, 0) is 6.54 Å². The molecule has 1 heterocycles. The number of hydrogen-bond acceptors (Lipinski definition) is 3. The standard InChI is InChI=1S/C16H20FNO2/c1-2-14(9-10-19)18-11-15-7-8-16(20-15)12-3-5-13(17)6-4-12/h3-8,14,18-19H,2,9-11H2,1H3. The summed E-state index contributed by atoms with van der Waals surface area (Å²) in [5, 5.41) is 12.3. The Hall–Kier alpha value is -1.65. The van der Waals surface area contributed by atoms with Crippen LogP contribution in [0.5, 0.6) is 0 Å². The van der Waals surface area contributed by atoms with E-state index in [1.807, 2.05) is 12.1 Å². The van der Waals surface area contributed by atoms with Crippen LogP contribution in [0.15, 0.2) is 40.8 Å². The van der Waals surface area contributed by atoms with Crippen LogP contribution in [0.2, 0.25) is 0 Å². The summed E-state index contributed by atoms with van der Waals surface area (Å²) < 4.78 is 18.6. The van der Waals surface area contributed by atoms with Gasteiger partial charge in [0, 0.05) is 18.2 Å². The number of hydrogen-bond donors (Lipinski definition) is 2.